The number of anilines is 1. The van der Waals surface area contributed by atoms with Gasteiger partial charge in [-0.15, -0.1) is 0 Å². The van der Waals surface area contributed by atoms with Crippen LogP contribution in [0.1, 0.15) is 35.3 Å². The third-order valence-electron chi connectivity index (χ3n) is 4.39. The molecule has 150 valence electrons. The summed E-state index contributed by atoms with van der Waals surface area (Å²) in [7, 11) is 0. The quantitative estimate of drug-likeness (QED) is 0.497. The molecule has 0 fully saturated rings. The van der Waals surface area contributed by atoms with Crippen LogP contribution in [-0.2, 0) is 13.0 Å². The SMILES string of the molecule is CC(C)Cc1ccc(COc2ccc(NC(=O)c3cc(Cl)ccc3O)cc2)cc1. The van der Waals surface area contributed by atoms with E-state index in [0.29, 0.717) is 29.0 Å². The molecule has 0 aliphatic carbocycles. The molecule has 0 saturated carbocycles. The van der Waals surface area contributed by atoms with Crippen molar-refractivity contribution in [1.82, 2.24) is 0 Å². The Hall–Kier alpha value is -2.98. The Labute approximate surface area is 176 Å². The fourth-order valence-corrected chi connectivity index (χ4v) is 3.10. The van der Waals surface area contributed by atoms with Crippen LogP contribution in [0.15, 0.2) is 66.7 Å². The maximum absolute atomic E-state index is 12.3. The van der Waals surface area contributed by atoms with Crippen LogP contribution in [0.3, 0.4) is 0 Å². The zero-order valence-corrected chi connectivity index (χ0v) is 17.2. The molecule has 3 rings (SSSR count). The van der Waals surface area contributed by atoms with Crippen molar-refractivity contribution in [3.05, 3.63) is 88.4 Å². The van der Waals surface area contributed by atoms with E-state index in [1.165, 1.54) is 23.8 Å². The number of phenols is 1. The third-order valence-corrected chi connectivity index (χ3v) is 4.62. The second-order valence-corrected chi connectivity index (χ2v) is 7.78. The smallest absolute Gasteiger partial charge is 0.259 e. The Bertz CT molecular complexity index is 966. The highest BCUT2D eigenvalue weighted by molar-refractivity contribution is 6.31. The van der Waals surface area contributed by atoms with Gasteiger partial charge in [0, 0.05) is 10.7 Å². The number of nitrogens with one attached hydrogen (secondary N) is 1. The van der Waals surface area contributed by atoms with Gasteiger partial charge in [-0.2, -0.15) is 0 Å². The van der Waals surface area contributed by atoms with Crippen molar-refractivity contribution in [3.8, 4) is 11.5 Å². The van der Waals surface area contributed by atoms with E-state index in [0.717, 1.165) is 12.0 Å². The number of aromatic hydroxyl groups is 1. The Morgan fingerprint density at radius 2 is 1.66 bits per heavy atom. The van der Waals surface area contributed by atoms with Crippen molar-refractivity contribution in [1.29, 1.82) is 0 Å². The van der Waals surface area contributed by atoms with E-state index in [2.05, 4.69) is 43.4 Å². The second-order valence-electron chi connectivity index (χ2n) is 7.34. The summed E-state index contributed by atoms with van der Waals surface area (Å²) < 4.78 is 5.82. The fraction of sp³-hybridized carbons (Fsp3) is 0.208. The topological polar surface area (TPSA) is 58.6 Å². The molecule has 4 nitrogen and oxygen atoms in total. The lowest BCUT2D eigenvalue weighted by Crippen LogP contribution is -2.12. The summed E-state index contributed by atoms with van der Waals surface area (Å²) in [6.07, 6.45) is 1.07. The molecule has 0 aromatic heterocycles. The minimum atomic E-state index is -0.430. The molecule has 5 heteroatoms. The van der Waals surface area contributed by atoms with Gasteiger partial charge in [-0.25, -0.2) is 0 Å². The molecular formula is C24H24ClNO3. The summed E-state index contributed by atoms with van der Waals surface area (Å²) in [6.45, 7) is 4.89. The zero-order chi connectivity index (χ0) is 20.8. The summed E-state index contributed by atoms with van der Waals surface area (Å²) in [5, 5.41) is 12.9. The number of carbonyl (C=O) groups is 1. The zero-order valence-electron chi connectivity index (χ0n) is 16.5. The predicted molar refractivity (Wildman–Crippen MR) is 117 cm³/mol. The summed E-state index contributed by atoms with van der Waals surface area (Å²) in [4.78, 5) is 12.3. The highest BCUT2D eigenvalue weighted by Gasteiger charge is 2.12. The van der Waals surface area contributed by atoms with Crippen molar-refractivity contribution in [2.75, 3.05) is 5.32 Å². The van der Waals surface area contributed by atoms with Gasteiger partial charge in [0.1, 0.15) is 18.1 Å². The molecule has 0 atom stereocenters. The second kappa shape index (κ2) is 9.48. The lowest BCUT2D eigenvalue weighted by Gasteiger charge is -2.10. The van der Waals surface area contributed by atoms with Gasteiger partial charge in [0.15, 0.2) is 0 Å². The van der Waals surface area contributed by atoms with Crippen molar-refractivity contribution in [2.45, 2.75) is 26.9 Å². The molecule has 2 N–H and O–H groups in total. The largest absolute Gasteiger partial charge is 0.507 e. The highest BCUT2D eigenvalue weighted by atomic mass is 35.5. The summed E-state index contributed by atoms with van der Waals surface area (Å²) in [6, 6.07) is 19.9. The van der Waals surface area contributed by atoms with E-state index in [-0.39, 0.29) is 11.3 Å². The van der Waals surface area contributed by atoms with Crippen LogP contribution in [0.25, 0.3) is 0 Å². The number of rotatable bonds is 7. The summed E-state index contributed by atoms with van der Waals surface area (Å²) in [5.41, 5.74) is 3.15. The van der Waals surface area contributed by atoms with Crippen LogP contribution >= 0.6 is 11.6 Å². The maximum Gasteiger partial charge on any atom is 0.259 e. The van der Waals surface area contributed by atoms with Crippen molar-refractivity contribution < 1.29 is 14.6 Å². The first-order valence-electron chi connectivity index (χ1n) is 9.51. The molecular weight excluding hydrogens is 386 g/mol. The van der Waals surface area contributed by atoms with Gasteiger partial charge in [-0.3, -0.25) is 4.79 Å². The van der Waals surface area contributed by atoms with Gasteiger partial charge >= 0.3 is 0 Å². The highest BCUT2D eigenvalue weighted by Crippen LogP contribution is 2.23. The van der Waals surface area contributed by atoms with Crippen LogP contribution < -0.4 is 10.1 Å². The van der Waals surface area contributed by atoms with Gasteiger partial charge in [0.2, 0.25) is 0 Å². The predicted octanol–water partition coefficient (Wildman–Crippen LogP) is 6.08. The molecule has 3 aromatic carbocycles. The van der Waals surface area contributed by atoms with Crippen LogP contribution in [-0.4, -0.2) is 11.0 Å². The summed E-state index contributed by atoms with van der Waals surface area (Å²) >= 11 is 5.89. The monoisotopic (exact) mass is 409 g/mol. The number of ether oxygens (including phenoxy) is 1. The van der Waals surface area contributed by atoms with Crippen LogP contribution in [0.5, 0.6) is 11.5 Å². The number of benzene rings is 3. The van der Waals surface area contributed by atoms with Crippen molar-refractivity contribution in [3.63, 3.8) is 0 Å². The molecule has 0 unspecified atom stereocenters. The molecule has 1 amide bonds. The first-order chi connectivity index (χ1) is 13.9. The molecule has 0 radical (unpaired) electrons. The van der Waals surface area contributed by atoms with E-state index in [4.69, 9.17) is 16.3 Å². The molecule has 0 spiro atoms. The van der Waals surface area contributed by atoms with E-state index >= 15 is 0 Å². The first kappa shape index (κ1) is 20.7. The lowest BCUT2D eigenvalue weighted by atomic mass is 10.0. The molecule has 3 aromatic rings. The molecule has 0 saturated heterocycles. The minimum absolute atomic E-state index is 0.119. The van der Waals surface area contributed by atoms with Crippen LogP contribution in [0, 0.1) is 5.92 Å². The third kappa shape index (κ3) is 6.00. The lowest BCUT2D eigenvalue weighted by molar-refractivity contribution is 0.102. The van der Waals surface area contributed by atoms with E-state index < -0.39 is 5.91 Å². The van der Waals surface area contributed by atoms with Crippen LogP contribution in [0.2, 0.25) is 5.02 Å². The normalized spacial score (nSPS) is 10.8. The van der Waals surface area contributed by atoms with E-state index in [1.54, 1.807) is 24.3 Å². The van der Waals surface area contributed by atoms with Gasteiger partial charge < -0.3 is 15.2 Å². The number of phenolic OH excluding ortho intramolecular Hbond substituents is 1. The molecule has 0 bridgehead atoms. The van der Waals surface area contributed by atoms with E-state index in [9.17, 15) is 9.90 Å². The number of hydrogen-bond donors (Lipinski definition) is 2. The van der Waals surface area contributed by atoms with Crippen molar-refractivity contribution in [2.24, 2.45) is 5.92 Å². The number of halogens is 1. The Morgan fingerprint density at radius 3 is 2.31 bits per heavy atom. The fourth-order valence-electron chi connectivity index (χ4n) is 2.93. The number of carbonyl (C=O) groups excluding carboxylic acids is 1. The molecule has 0 heterocycles. The number of hydrogen-bond acceptors (Lipinski definition) is 3. The average molecular weight is 410 g/mol. The minimum Gasteiger partial charge on any atom is -0.507 e. The first-order valence-corrected chi connectivity index (χ1v) is 9.89. The standard InChI is InChI=1S/C24H24ClNO3/c1-16(2)13-17-3-5-18(6-4-17)15-29-21-10-8-20(9-11-21)26-24(28)22-14-19(25)7-12-23(22)27/h3-12,14,16,27H,13,15H2,1-2H3,(H,26,28). The van der Waals surface area contributed by atoms with Crippen molar-refractivity contribution >= 4 is 23.2 Å². The Balaban J connectivity index is 1.56. The van der Waals surface area contributed by atoms with Gasteiger partial charge in [0.25, 0.3) is 5.91 Å². The molecule has 0 aliphatic rings. The van der Waals surface area contributed by atoms with Gasteiger partial charge in [-0.05, 0) is 65.9 Å². The van der Waals surface area contributed by atoms with Gasteiger partial charge in [0.05, 0.1) is 5.56 Å². The van der Waals surface area contributed by atoms with Gasteiger partial charge in [-0.1, -0.05) is 49.7 Å². The maximum atomic E-state index is 12.3. The molecule has 29 heavy (non-hydrogen) atoms. The molecule has 0 aliphatic heterocycles. The Kier molecular flexibility index (Phi) is 6.78. The van der Waals surface area contributed by atoms with E-state index in [1.807, 2.05) is 0 Å². The number of amides is 1. The van der Waals surface area contributed by atoms with Crippen LogP contribution in [0.4, 0.5) is 5.69 Å². The Morgan fingerprint density at radius 1 is 1.00 bits per heavy atom. The summed E-state index contributed by atoms with van der Waals surface area (Å²) in [5.74, 6) is 0.797. The average Bonchev–Trinajstić information content (AvgIpc) is 2.70.